The summed E-state index contributed by atoms with van der Waals surface area (Å²) in [6.45, 7) is 4.46. The summed E-state index contributed by atoms with van der Waals surface area (Å²) < 4.78 is 12.4. The molecule has 3 heterocycles. The Morgan fingerprint density at radius 1 is 1.31 bits per heavy atom. The Labute approximate surface area is 160 Å². The van der Waals surface area contributed by atoms with Gasteiger partial charge >= 0.3 is 0 Å². The molecule has 6 heteroatoms. The van der Waals surface area contributed by atoms with Gasteiger partial charge in [-0.15, -0.1) is 0 Å². The van der Waals surface area contributed by atoms with Crippen molar-refractivity contribution in [2.75, 3.05) is 19.6 Å². The average molecular weight is 417 g/mol. The van der Waals surface area contributed by atoms with Crippen LogP contribution in [0.4, 0.5) is 0 Å². The predicted octanol–water partition coefficient (Wildman–Crippen LogP) is 4.66. The van der Waals surface area contributed by atoms with Gasteiger partial charge < -0.3 is 14.2 Å². The molecule has 3 aromatic rings. The van der Waals surface area contributed by atoms with Crippen LogP contribution in [-0.2, 0) is 0 Å². The maximum Gasteiger partial charge on any atom is 0.287 e. The molecule has 2 aromatic heterocycles. The molecule has 1 N–H and O–H groups in total. The van der Waals surface area contributed by atoms with E-state index in [2.05, 4.69) is 26.1 Å². The molecule has 1 aliphatic rings. The van der Waals surface area contributed by atoms with Crippen LogP contribution in [-0.4, -0.2) is 30.4 Å². The minimum atomic E-state index is -0.189. The molecular weight excluding hydrogens is 396 g/mol. The molecular formula is C20H21BrN2O3. The van der Waals surface area contributed by atoms with E-state index in [4.69, 9.17) is 8.83 Å². The second-order valence-corrected chi connectivity index (χ2v) is 7.60. The van der Waals surface area contributed by atoms with Crippen LogP contribution in [0.15, 0.2) is 49.9 Å². The monoisotopic (exact) mass is 416 g/mol. The molecule has 0 saturated carbocycles. The third-order valence-corrected chi connectivity index (χ3v) is 5.51. The van der Waals surface area contributed by atoms with E-state index < -0.39 is 0 Å². The Balaban J connectivity index is 1.53. The van der Waals surface area contributed by atoms with Crippen molar-refractivity contribution in [3.05, 3.63) is 58.2 Å². The fourth-order valence-electron chi connectivity index (χ4n) is 3.62. The minimum Gasteiger partial charge on any atom is -0.468 e. The van der Waals surface area contributed by atoms with Crippen LogP contribution in [0, 0.1) is 6.92 Å². The number of hydrogen-bond donors (Lipinski definition) is 1. The lowest BCUT2D eigenvalue weighted by molar-refractivity contribution is 0.0907. The van der Waals surface area contributed by atoms with Crippen molar-refractivity contribution in [3.63, 3.8) is 0 Å². The number of nitrogens with one attached hydrogen (secondary N) is 1. The van der Waals surface area contributed by atoms with Crippen LogP contribution in [0.25, 0.3) is 11.0 Å². The van der Waals surface area contributed by atoms with E-state index >= 15 is 0 Å². The quantitative estimate of drug-likeness (QED) is 0.656. The lowest BCUT2D eigenvalue weighted by Crippen LogP contribution is -2.36. The Kier molecular flexibility index (Phi) is 4.87. The van der Waals surface area contributed by atoms with E-state index in [1.807, 2.05) is 37.3 Å². The highest BCUT2D eigenvalue weighted by atomic mass is 79.9. The standard InChI is InChI=1S/C20H21BrN2O3/c1-13-15-11-14(21)6-7-17(15)26-19(13)20(24)22-12-16(18-5-4-10-25-18)23-8-2-3-9-23/h4-7,10-11,16H,2-3,8-9,12H2,1H3,(H,22,24). The van der Waals surface area contributed by atoms with Crippen molar-refractivity contribution < 1.29 is 13.6 Å². The van der Waals surface area contributed by atoms with Crippen LogP contribution >= 0.6 is 15.9 Å². The van der Waals surface area contributed by atoms with Gasteiger partial charge in [0.15, 0.2) is 5.76 Å². The zero-order valence-corrected chi connectivity index (χ0v) is 16.2. The number of aryl methyl sites for hydroxylation is 1. The molecule has 1 aliphatic heterocycles. The van der Waals surface area contributed by atoms with Gasteiger partial charge in [-0.1, -0.05) is 15.9 Å². The first-order valence-corrected chi connectivity index (χ1v) is 9.67. The first kappa shape index (κ1) is 17.4. The number of carbonyl (C=O) groups excluding carboxylic acids is 1. The Morgan fingerprint density at radius 3 is 2.85 bits per heavy atom. The maximum absolute atomic E-state index is 12.7. The van der Waals surface area contributed by atoms with Gasteiger partial charge in [0.25, 0.3) is 5.91 Å². The van der Waals surface area contributed by atoms with Gasteiger partial charge in [0.05, 0.1) is 12.3 Å². The number of rotatable bonds is 5. The Morgan fingerprint density at radius 2 is 2.12 bits per heavy atom. The lowest BCUT2D eigenvalue weighted by atomic mass is 10.1. The second kappa shape index (κ2) is 7.29. The third kappa shape index (κ3) is 3.31. The molecule has 136 valence electrons. The molecule has 0 bridgehead atoms. The zero-order valence-electron chi connectivity index (χ0n) is 14.6. The first-order valence-electron chi connectivity index (χ1n) is 8.88. The van der Waals surface area contributed by atoms with Gasteiger partial charge in [-0.2, -0.15) is 0 Å². The number of carbonyl (C=O) groups is 1. The molecule has 0 radical (unpaired) electrons. The highest BCUT2D eigenvalue weighted by molar-refractivity contribution is 9.10. The molecule has 0 spiro atoms. The van der Waals surface area contributed by atoms with E-state index in [1.165, 1.54) is 12.8 Å². The summed E-state index contributed by atoms with van der Waals surface area (Å²) in [5.74, 6) is 1.07. The van der Waals surface area contributed by atoms with Crippen LogP contribution in [0.1, 0.15) is 40.8 Å². The fourth-order valence-corrected chi connectivity index (χ4v) is 3.98. The summed E-state index contributed by atoms with van der Waals surface area (Å²) in [5.41, 5.74) is 1.58. The van der Waals surface area contributed by atoms with Gasteiger partial charge in [0.1, 0.15) is 11.3 Å². The topological polar surface area (TPSA) is 58.6 Å². The number of halogens is 1. The molecule has 1 atom stereocenters. The summed E-state index contributed by atoms with van der Waals surface area (Å²) >= 11 is 3.46. The number of hydrogen-bond acceptors (Lipinski definition) is 4. The van der Waals surface area contributed by atoms with Crippen LogP contribution in [0.5, 0.6) is 0 Å². The summed E-state index contributed by atoms with van der Waals surface area (Å²) in [6, 6.07) is 9.67. The Bertz CT molecular complexity index is 911. The van der Waals surface area contributed by atoms with Crippen molar-refractivity contribution in [3.8, 4) is 0 Å². The zero-order chi connectivity index (χ0) is 18.1. The summed E-state index contributed by atoms with van der Waals surface area (Å²) in [7, 11) is 0. The molecule has 1 saturated heterocycles. The Hall–Kier alpha value is -2.05. The molecule has 1 fully saturated rings. The second-order valence-electron chi connectivity index (χ2n) is 6.68. The molecule has 4 rings (SSSR count). The fraction of sp³-hybridized carbons (Fsp3) is 0.350. The number of amides is 1. The van der Waals surface area contributed by atoms with Crippen molar-refractivity contribution in [1.29, 1.82) is 0 Å². The predicted molar refractivity (Wildman–Crippen MR) is 103 cm³/mol. The largest absolute Gasteiger partial charge is 0.468 e. The number of fused-ring (bicyclic) bond motifs is 1. The number of nitrogens with zero attached hydrogens (tertiary/aromatic N) is 1. The smallest absolute Gasteiger partial charge is 0.287 e. The van der Waals surface area contributed by atoms with Crippen molar-refractivity contribution in [1.82, 2.24) is 10.2 Å². The van der Waals surface area contributed by atoms with Crippen LogP contribution < -0.4 is 5.32 Å². The third-order valence-electron chi connectivity index (χ3n) is 5.01. The van der Waals surface area contributed by atoms with Gasteiger partial charge in [-0.3, -0.25) is 9.69 Å². The SMILES string of the molecule is Cc1c(C(=O)NCC(c2ccco2)N2CCCC2)oc2ccc(Br)cc12. The number of benzene rings is 1. The van der Waals surface area contributed by atoms with Crippen molar-refractivity contribution in [2.45, 2.75) is 25.8 Å². The lowest BCUT2D eigenvalue weighted by Gasteiger charge is -2.25. The van der Waals surface area contributed by atoms with E-state index in [1.54, 1.807) is 6.26 Å². The molecule has 1 amide bonds. The molecule has 0 aliphatic carbocycles. The normalized spacial score (nSPS) is 16.2. The van der Waals surface area contributed by atoms with Gasteiger partial charge in [-0.25, -0.2) is 0 Å². The molecule has 5 nitrogen and oxygen atoms in total. The van der Waals surface area contributed by atoms with Gasteiger partial charge in [0, 0.05) is 22.0 Å². The highest BCUT2D eigenvalue weighted by Crippen LogP contribution is 2.29. The van der Waals surface area contributed by atoms with Crippen LogP contribution in [0.3, 0.4) is 0 Å². The molecule has 26 heavy (non-hydrogen) atoms. The van der Waals surface area contributed by atoms with Gasteiger partial charge in [0.2, 0.25) is 0 Å². The average Bonchev–Trinajstić information content (AvgIpc) is 3.38. The first-order chi connectivity index (χ1) is 12.6. The van der Waals surface area contributed by atoms with E-state index in [9.17, 15) is 4.79 Å². The minimum absolute atomic E-state index is 0.0512. The van der Waals surface area contributed by atoms with E-state index in [0.717, 1.165) is 39.9 Å². The van der Waals surface area contributed by atoms with E-state index in [0.29, 0.717) is 12.3 Å². The molecule has 1 aromatic carbocycles. The van der Waals surface area contributed by atoms with Gasteiger partial charge in [-0.05, 0) is 63.2 Å². The number of likely N-dealkylation sites (tertiary alicyclic amines) is 1. The highest BCUT2D eigenvalue weighted by Gasteiger charge is 2.27. The van der Waals surface area contributed by atoms with Crippen LogP contribution in [0.2, 0.25) is 0 Å². The van der Waals surface area contributed by atoms with Crippen molar-refractivity contribution in [2.24, 2.45) is 0 Å². The maximum atomic E-state index is 12.7. The molecule has 1 unspecified atom stereocenters. The van der Waals surface area contributed by atoms with E-state index in [-0.39, 0.29) is 11.9 Å². The number of furan rings is 2. The summed E-state index contributed by atoms with van der Waals surface area (Å²) in [6.07, 6.45) is 4.05. The summed E-state index contributed by atoms with van der Waals surface area (Å²) in [4.78, 5) is 15.1. The summed E-state index contributed by atoms with van der Waals surface area (Å²) in [5, 5.41) is 3.99. The van der Waals surface area contributed by atoms with Crippen molar-refractivity contribution >= 4 is 32.8 Å².